The minimum atomic E-state index is -4.19. The number of hydrogen-bond acceptors (Lipinski definition) is 6. The van der Waals surface area contributed by atoms with Crippen molar-refractivity contribution in [2.24, 2.45) is 0 Å². The van der Waals surface area contributed by atoms with E-state index in [1.54, 1.807) is 42.5 Å². The zero-order valence-corrected chi connectivity index (χ0v) is 15.1. The molecule has 8 nitrogen and oxygen atoms in total. The quantitative estimate of drug-likeness (QED) is 0.453. The molecule has 9 heteroatoms. The summed E-state index contributed by atoms with van der Waals surface area (Å²) in [4.78, 5) is 10.2. The van der Waals surface area contributed by atoms with Gasteiger partial charge in [0.2, 0.25) is 0 Å². The molecule has 0 aliphatic carbocycles. The number of anilines is 1. The number of benzene rings is 2. The molecule has 0 spiro atoms. The smallest absolute Gasteiger partial charge is 0.271 e. The maximum absolute atomic E-state index is 13.4. The van der Waals surface area contributed by atoms with Crippen LogP contribution in [-0.2, 0) is 16.6 Å². The molecule has 1 heterocycles. The Morgan fingerprint density at radius 3 is 2.44 bits per heavy atom. The molecule has 0 N–H and O–H groups in total. The van der Waals surface area contributed by atoms with Gasteiger partial charge in [-0.05, 0) is 30.3 Å². The third kappa shape index (κ3) is 3.77. The predicted molar refractivity (Wildman–Crippen MR) is 98.2 cm³/mol. The number of ether oxygens (including phenoxy) is 1. The lowest BCUT2D eigenvalue weighted by molar-refractivity contribution is -0.385. The molecule has 0 radical (unpaired) electrons. The summed E-state index contributed by atoms with van der Waals surface area (Å²) in [6.45, 7) is -0.0782. The van der Waals surface area contributed by atoms with Crippen molar-refractivity contribution >= 4 is 21.4 Å². The second kappa shape index (κ2) is 7.50. The van der Waals surface area contributed by atoms with Crippen LogP contribution in [0.3, 0.4) is 0 Å². The Hall–Kier alpha value is -3.33. The van der Waals surface area contributed by atoms with E-state index < -0.39 is 14.9 Å². The van der Waals surface area contributed by atoms with Crippen LogP contribution in [0.1, 0.15) is 5.76 Å². The van der Waals surface area contributed by atoms with Crippen LogP contribution in [0.5, 0.6) is 5.75 Å². The van der Waals surface area contributed by atoms with Gasteiger partial charge < -0.3 is 9.15 Å². The van der Waals surface area contributed by atoms with Gasteiger partial charge in [-0.3, -0.25) is 14.4 Å². The SMILES string of the molecule is COc1ccc([N+](=O)[O-])cc1S(=O)(=O)N(Cc1ccco1)c1ccccc1. The molecule has 27 heavy (non-hydrogen) atoms. The number of nitro benzene ring substituents is 1. The van der Waals surface area contributed by atoms with Crippen molar-refractivity contribution in [3.05, 3.63) is 82.8 Å². The summed E-state index contributed by atoms with van der Waals surface area (Å²) in [7, 11) is -2.88. The molecule has 0 fully saturated rings. The molecule has 0 atom stereocenters. The summed E-state index contributed by atoms with van der Waals surface area (Å²) >= 11 is 0. The maximum Gasteiger partial charge on any atom is 0.271 e. The average molecular weight is 388 g/mol. The first kappa shape index (κ1) is 18.5. The lowest BCUT2D eigenvalue weighted by atomic mass is 10.3. The van der Waals surface area contributed by atoms with E-state index in [9.17, 15) is 18.5 Å². The van der Waals surface area contributed by atoms with Crippen LogP contribution in [0, 0.1) is 10.1 Å². The molecule has 0 bridgehead atoms. The molecule has 3 aromatic rings. The molecule has 3 rings (SSSR count). The third-order valence-corrected chi connectivity index (χ3v) is 5.64. The molecule has 0 aliphatic heterocycles. The van der Waals surface area contributed by atoms with Crippen LogP contribution in [0.15, 0.2) is 76.2 Å². The Kier molecular flexibility index (Phi) is 5.13. The van der Waals surface area contributed by atoms with Gasteiger partial charge in [0, 0.05) is 12.1 Å². The second-order valence-electron chi connectivity index (χ2n) is 5.52. The molecule has 0 amide bonds. The van der Waals surface area contributed by atoms with Gasteiger partial charge in [0.05, 0.1) is 30.5 Å². The fraction of sp³-hybridized carbons (Fsp3) is 0.111. The molecule has 0 saturated heterocycles. The summed E-state index contributed by atoms with van der Waals surface area (Å²) < 4.78 is 38.3. The fourth-order valence-corrected chi connectivity index (χ4v) is 4.16. The molecule has 0 unspecified atom stereocenters. The molecular weight excluding hydrogens is 372 g/mol. The van der Waals surface area contributed by atoms with Gasteiger partial charge >= 0.3 is 0 Å². The van der Waals surface area contributed by atoms with Gasteiger partial charge in [0.15, 0.2) is 0 Å². The number of furan rings is 1. The van der Waals surface area contributed by atoms with Crippen molar-refractivity contribution in [2.45, 2.75) is 11.4 Å². The van der Waals surface area contributed by atoms with Gasteiger partial charge in [-0.2, -0.15) is 0 Å². The topological polar surface area (TPSA) is 103 Å². The second-order valence-corrected chi connectivity index (χ2v) is 7.35. The van der Waals surface area contributed by atoms with E-state index in [0.29, 0.717) is 11.4 Å². The van der Waals surface area contributed by atoms with Crippen LogP contribution in [0.2, 0.25) is 0 Å². The molecule has 1 aromatic heterocycles. The summed E-state index contributed by atoms with van der Waals surface area (Å²) in [5.41, 5.74) is 0.0443. The molecule has 2 aromatic carbocycles. The van der Waals surface area contributed by atoms with Crippen molar-refractivity contribution in [1.29, 1.82) is 0 Å². The number of sulfonamides is 1. The Morgan fingerprint density at radius 1 is 1.11 bits per heavy atom. The van der Waals surface area contributed by atoms with Crippen LogP contribution < -0.4 is 9.04 Å². The van der Waals surface area contributed by atoms with Crippen LogP contribution in [0.4, 0.5) is 11.4 Å². The van der Waals surface area contributed by atoms with Gasteiger partial charge in [-0.25, -0.2) is 8.42 Å². The van der Waals surface area contributed by atoms with Crippen molar-refractivity contribution in [3.63, 3.8) is 0 Å². The number of nitrogens with zero attached hydrogens (tertiary/aromatic N) is 2. The number of nitro groups is 1. The highest BCUT2D eigenvalue weighted by Crippen LogP contribution is 2.33. The Morgan fingerprint density at radius 2 is 1.85 bits per heavy atom. The van der Waals surface area contributed by atoms with E-state index in [4.69, 9.17) is 9.15 Å². The zero-order valence-electron chi connectivity index (χ0n) is 14.3. The van der Waals surface area contributed by atoms with Crippen molar-refractivity contribution in [1.82, 2.24) is 0 Å². The van der Waals surface area contributed by atoms with Gasteiger partial charge in [-0.1, -0.05) is 18.2 Å². The Balaban J connectivity index is 2.16. The van der Waals surface area contributed by atoms with E-state index in [1.165, 1.54) is 25.5 Å². The highest BCUT2D eigenvalue weighted by Gasteiger charge is 2.30. The molecule has 0 aliphatic rings. The van der Waals surface area contributed by atoms with Gasteiger partial charge in [-0.15, -0.1) is 0 Å². The van der Waals surface area contributed by atoms with E-state index in [1.807, 2.05) is 0 Å². The Labute approximate surface area is 155 Å². The predicted octanol–water partition coefficient (Wildman–Crippen LogP) is 3.59. The van der Waals surface area contributed by atoms with Crippen LogP contribution >= 0.6 is 0 Å². The fourth-order valence-electron chi connectivity index (χ4n) is 2.55. The first-order chi connectivity index (χ1) is 12.9. The first-order valence-electron chi connectivity index (χ1n) is 7.86. The number of non-ortho nitro benzene ring substituents is 1. The number of rotatable bonds is 7. The zero-order chi connectivity index (χ0) is 19.4. The highest BCUT2D eigenvalue weighted by molar-refractivity contribution is 7.93. The molecular formula is C18H16N2O6S. The third-order valence-electron chi connectivity index (χ3n) is 3.85. The van der Waals surface area contributed by atoms with E-state index in [-0.39, 0.29) is 22.9 Å². The maximum atomic E-state index is 13.4. The van der Waals surface area contributed by atoms with Crippen molar-refractivity contribution < 1.29 is 22.5 Å². The lowest BCUT2D eigenvalue weighted by Gasteiger charge is -2.24. The number of hydrogen-bond donors (Lipinski definition) is 0. The molecule has 140 valence electrons. The van der Waals surface area contributed by atoms with E-state index in [0.717, 1.165) is 10.4 Å². The summed E-state index contributed by atoms with van der Waals surface area (Å²) in [5, 5.41) is 11.1. The Bertz CT molecular complexity index is 1030. The summed E-state index contributed by atoms with van der Waals surface area (Å²) in [6, 6.07) is 15.2. The standard InChI is InChI=1S/C18H16N2O6S/c1-25-17-10-9-15(20(21)22)12-18(17)27(23,24)19(13-16-8-5-11-26-16)14-6-3-2-4-7-14/h2-12H,13H2,1H3. The monoisotopic (exact) mass is 388 g/mol. The minimum absolute atomic E-state index is 0.0148. The summed E-state index contributed by atoms with van der Waals surface area (Å²) in [6.07, 6.45) is 1.44. The number of para-hydroxylation sites is 1. The van der Waals surface area contributed by atoms with E-state index >= 15 is 0 Å². The van der Waals surface area contributed by atoms with Crippen LogP contribution in [0.25, 0.3) is 0 Å². The van der Waals surface area contributed by atoms with Gasteiger partial charge in [0.1, 0.15) is 16.4 Å². The van der Waals surface area contributed by atoms with Crippen LogP contribution in [-0.4, -0.2) is 20.5 Å². The minimum Gasteiger partial charge on any atom is -0.495 e. The molecule has 0 saturated carbocycles. The average Bonchev–Trinajstić information content (AvgIpc) is 3.19. The number of methoxy groups -OCH3 is 1. The van der Waals surface area contributed by atoms with Gasteiger partial charge in [0.25, 0.3) is 15.7 Å². The first-order valence-corrected chi connectivity index (χ1v) is 9.30. The highest BCUT2D eigenvalue weighted by atomic mass is 32.2. The van der Waals surface area contributed by atoms with Crippen molar-refractivity contribution in [2.75, 3.05) is 11.4 Å². The van der Waals surface area contributed by atoms with Crippen molar-refractivity contribution in [3.8, 4) is 5.75 Å². The largest absolute Gasteiger partial charge is 0.495 e. The normalized spacial score (nSPS) is 11.1. The van der Waals surface area contributed by atoms with E-state index in [2.05, 4.69) is 0 Å². The summed E-state index contributed by atoms with van der Waals surface area (Å²) in [5.74, 6) is 0.438. The lowest BCUT2D eigenvalue weighted by Crippen LogP contribution is -2.30.